The molecule has 9 heteroatoms. The summed E-state index contributed by atoms with van der Waals surface area (Å²) in [6.45, 7) is 4.81. The van der Waals surface area contributed by atoms with Crippen LogP contribution in [-0.4, -0.2) is 27.3 Å². The van der Waals surface area contributed by atoms with Crippen LogP contribution in [0.3, 0.4) is 0 Å². The Morgan fingerprint density at radius 3 is 2.53 bits per heavy atom. The Bertz CT molecular complexity index is 1100. The lowest BCUT2D eigenvalue weighted by atomic mass is 10.1. The molecule has 30 heavy (non-hydrogen) atoms. The maximum atomic E-state index is 11.1. The highest BCUT2D eigenvalue weighted by Gasteiger charge is 2.25. The smallest absolute Gasteiger partial charge is 0.247 e. The molecule has 1 amide bonds. The van der Waals surface area contributed by atoms with Crippen LogP contribution in [0.2, 0.25) is 5.02 Å². The second-order valence-corrected chi connectivity index (χ2v) is 7.16. The Morgan fingerprint density at radius 1 is 1.23 bits per heavy atom. The van der Waals surface area contributed by atoms with Crippen molar-refractivity contribution in [3.05, 3.63) is 58.4 Å². The maximum absolute atomic E-state index is 11.1. The molecule has 0 spiro atoms. The van der Waals surface area contributed by atoms with Crippen molar-refractivity contribution >= 4 is 28.9 Å². The van der Waals surface area contributed by atoms with Gasteiger partial charge in [0.2, 0.25) is 17.7 Å². The molecule has 0 aliphatic rings. The standard InChI is InChI=1S/C21H20ClN5O3/c1-11-17(9-6-15(10-23)18(11)22)25-19(12(2)28)21-27-26-20(30-21)14-4-7-16(8-5-14)24-13(3)29/h4-9,12,19,25,28H,1-3H3,(H,24,29)/t12-,19+/m0/s1. The van der Waals surface area contributed by atoms with Crippen molar-refractivity contribution in [3.8, 4) is 17.5 Å². The highest BCUT2D eigenvalue weighted by Crippen LogP contribution is 2.31. The predicted octanol–water partition coefficient (Wildman–Crippen LogP) is 4.06. The van der Waals surface area contributed by atoms with E-state index < -0.39 is 12.1 Å². The molecular weight excluding hydrogens is 406 g/mol. The van der Waals surface area contributed by atoms with Crippen molar-refractivity contribution in [2.45, 2.75) is 32.9 Å². The number of nitriles is 1. The van der Waals surface area contributed by atoms with Gasteiger partial charge in [-0.1, -0.05) is 11.6 Å². The average Bonchev–Trinajstić information content (AvgIpc) is 3.18. The Morgan fingerprint density at radius 2 is 1.93 bits per heavy atom. The lowest BCUT2D eigenvalue weighted by Crippen LogP contribution is -2.23. The third-order valence-electron chi connectivity index (χ3n) is 4.46. The molecule has 8 nitrogen and oxygen atoms in total. The zero-order valence-electron chi connectivity index (χ0n) is 16.6. The lowest BCUT2D eigenvalue weighted by Gasteiger charge is -2.21. The summed E-state index contributed by atoms with van der Waals surface area (Å²) in [6, 6.07) is 11.6. The molecule has 2 aromatic carbocycles. The van der Waals surface area contributed by atoms with Crippen LogP contribution in [0.1, 0.15) is 36.9 Å². The number of carbonyl (C=O) groups excluding carboxylic acids is 1. The highest BCUT2D eigenvalue weighted by atomic mass is 35.5. The van der Waals surface area contributed by atoms with Gasteiger partial charge in [0.25, 0.3) is 0 Å². The van der Waals surface area contributed by atoms with Crippen LogP contribution < -0.4 is 10.6 Å². The second kappa shape index (κ2) is 8.95. The molecule has 0 aliphatic heterocycles. The van der Waals surface area contributed by atoms with Crippen LogP contribution in [0, 0.1) is 18.3 Å². The Hall–Kier alpha value is -3.41. The molecule has 1 heterocycles. The number of rotatable bonds is 6. The third-order valence-corrected chi connectivity index (χ3v) is 4.95. The number of nitrogens with one attached hydrogen (secondary N) is 2. The van der Waals surface area contributed by atoms with Gasteiger partial charge in [-0.3, -0.25) is 4.79 Å². The minimum atomic E-state index is -0.853. The quantitative estimate of drug-likeness (QED) is 0.543. The first-order valence-electron chi connectivity index (χ1n) is 9.15. The van der Waals surface area contributed by atoms with Crippen molar-refractivity contribution in [1.82, 2.24) is 10.2 Å². The van der Waals surface area contributed by atoms with Gasteiger partial charge in [0.05, 0.1) is 16.7 Å². The van der Waals surface area contributed by atoms with Gasteiger partial charge in [0.1, 0.15) is 12.1 Å². The van der Waals surface area contributed by atoms with Crippen LogP contribution in [0.15, 0.2) is 40.8 Å². The number of benzene rings is 2. The molecule has 0 aliphatic carbocycles. The monoisotopic (exact) mass is 425 g/mol. The number of aromatic nitrogens is 2. The molecule has 0 bridgehead atoms. The summed E-state index contributed by atoms with van der Waals surface area (Å²) in [7, 11) is 0. The van der Waals surface area contributed by atoms with Gasteiger partial charge in [0, 0.05) is 23.9 Å². The third kappa shape index (κ3) is 4.59. The molecule has 0 radical (unpaired) electrons. The molecule has 2 atom stereocenters. The van der Waals surface area contributed by atoms with E-state index in [0.717, 1.165) is 0 Å². The SMILES string of the molecule is CC(=O)Nc1ccc(-c2nnc([C@H](Nc3ccc(C#N)c(Cl)c3C)[C@H](C)O)o2)cc1. The normalized spacial score (nSPS) is 12.7. The summed E-state index contributed by atoms with van der Waals surface area (Å²) in [4.78, 5) is 11.1. The first kappa shape index (κ1) is 21.3. The van der Waals surface area contributed by atoms with Crippen molar-refractivity contribution < 1.29 is 14.3 Å². The number of anilines is 2. The zero-order chi connectivity index (χ0) is 21.8. The van der Waals surface area contributed by atoms with Gasteiger partial charge >= 0.3 is 0 Å². The number of nitrogens with zero attached hydrogens (tertiary/aromatic N) is 3. The average molecular weight is 426 g/mol. The Kier molecular flexibility index (Phi) is 6.35. The van der Waals surface area contributed by atoms with E-state index in [1.54, 1.807) is 50.2 Å². The largest absolute Gasteiger partial charge is 0.418 e. The van der Waals surface area contributed by atoms with Gasteiger partial charge in [-0.05, 0) is 55.8 Å². The first-order valence-corrected chi connectivity index (χ1v) is 9.53. The lowest BCUT2D eigenvalue weighted by molar-refractivity contribution is -0.114. The number of halogens is 1. The van der Waals surface area contributed by atoms with Crippen molar-refractivity contribution in [2.75, 3.05) is 10.6 Å². The summed E-state index contributed by atoms with van der Waals surface area (Å²) in [5, 5.41) is 33.7. The summed E-state index contributed by atoms with van der Waals surface area (Å²) in [5.74, 6) is 0.319. The number of hydrogen-bond acceptors (Lipinski definition) is 7. The first-order chi connectivity index (χ1) is 14.3. The molecule has 1 aromatic heterocycles. The fourth-order valence-electron chi connectivity index (χ4n) is 2.86. The number of hydrogen-bond donors (Lipinski definition) is 3. The van der Waals surface area contributed by atoms with Crippen LogP contribution in [0.4, 0.5) is 11.4 Å². The molecule has 0 saturated carbocycles. The molecule has 0 saturated heterocycles. The fraction of sp³-hybridized carbons (Fsp3) is 0.238. The van der Waals surface area contributed by atoms with E-state index >= 15 is 0 Å². The van der Waals surface area contributed by atoms with E-state index in [1.807, 2.05) is 6.07 Å². The molecular formula is C21H20ClN5O3. The van der Waals surface area contributed by atoms with Crippen LogP contribution >= 0.6 is 11.6 Å². The molecule has 154 valence electrons. The minimum Gasteiger partial charge on any atom is -0.418 e. The summed E-state index contributed by atoms with van der Waals surface area (Å²) >= 11 is 6.23. The molecule has 0 fully saturated rings. The molecule has 3 aromatic rings. The van der Waals surface area contributed by atoms with Gasteiger partial charge < -0.3 is 20.2 Å². The van der Waals surface area contributed by atoms with Gasteiger partial charge in [-0.15, -0.1) is 10.2 Å². The predicted molar refractivity (Wildman–Crippen MR) is 113 cm³/mol. The number of amides is 1. The van der Waals surface area contributed by atoms with Crippen LogP contribution in [-0.2, 0) is 4.79 Å². The van der Waals surface area contributed by atoms with Crippen LogP contribution in [0.25, 0.3) is 11.5 Å². The molecule has 3 N–H and O–H groups in total. The minimum absolute atomic E-state index is 0.160. The van der Waals surface area contributed by atoms with Gasteiger partial charge in [-0.25, -0.2) is 0 Å². The fourth-order valence-corrected chi connectivity index (χ4v) is 3.07. The van der Waals surface area contributed by atoms with E-state index in [4.69, 9.17) is 21.3 Å². The van der Waals surface area contributed by atoms with Gasteiger partial charge in [0.15, 0.2) is 0 Å². The second-order valence-electron chi connectivity index (χ2n) is 6.78. The number of carbonyl (C=O) groups is 1. The van der Waals surface area contributed by atoms with E-state index in [0.29, 0.717) is 33.1 Å². The maximum Gasteiger partial charge on any atom is 0.247 e. The number of aliphatic hydroxyl groups excluding tert-OH is 1. The van der Waals surface area contributed by atoms with E-state index in [1.165, 1.54) is 6.92 Å². The summed E-state index contributed by atoms with van der Waals surface area (Å²) in [6.07, 6.45) is -0.853. The van der Waals surface area contributed by atoms with E-state index in [9.17, 15) is 9.90 Å². The van der Waals surface area contributed by atoms with E-state index in [2.05, 4.69) is 20.8 Å². The summed E-state index contributed by atoms with van der Waals surface area (Å²) in [5.41, 5.74) is 3.02. The van der Waals surface area contributed by atoms with Crippen molar-refractivity contribution in [1.29, 1.82) is 5.26 Å². The van der Waals surface area contributed by atoms with Crippen molar-refractivity contribution in [2.24, 2.45) is 0 Å². The topological polar surface area (TPSA) is 124 Å². The number of aliphatic hydroxyl groups is 1. The molecule has 3 rings (SSSR count). The molecule has 0 unspecified atom stereocenters. The highest BCUT2D eigenvalue weighted by molar-refractivity contribution is 6.32. The Balaban J connectivity index is 1.85. The van der Waals surface area contributed by atoms with Crippen molar-refractivity contribution in [3.63, 3.8) is 0 Å². The van der Waals surface area contributed by atoms with Crippen LogP contribution in [0.5, 0.6) is 0 Å². The Labute approximate surface area is 178 Å². The zero-order valence-corrected chi connectivity index (χ0v) is 17.4. The summed E-state index contributed by atoms with van der Waals surface area (Å²) < 4.78 is 5.78. The van der Waals surface area contributed by atoms with E-state index in [-0.39, 0.29) is 17.7 Å². The van der Waals surface area contributed by atoms with Gasteiger partial charge in [-0.2, -0.15) is 5.26 Å².